The molecular formula is C14H26N2O. The molecule has 98 valence electrons. The average Bonchev–Trinajstić information content (AvgIpc) is 2.75. The Morgan fingerprint density at radius 3 is 3.06 bits per heavy atom. The average molecular weight is 238 g/mol. The molecule has 0 bridgehead atoms. The number of morpholine rings is 1. The number of fused-ring (bicyclic) bond motifs is 1. The number of nitrogens with one attached hydrogen (secondary N) is 1. The maximum Gasteiger partial charge on any atom is 0.0731 e. The van der Waals surface area contributed by atoms with E-state index in [2.05, 4.69) is 30.6 Å². The molecule has 2 aliphatic rings. The van der Waals surface area contributed by atoms with Gasteiger partial charge in [-0.15, -0.1) is 0 Å². The molecule has 0 spiro atoms. The van der Waals surface area contributed by atoms with Crippen LogP contribution in [0.3, 0.4) is 0 Å². The van der Waals surface area contributed by atoms with E-state index in [0.717, 1.165) is 26.2 Å². The Balaban J connectivity index is 1.79. The molecule has 1 N–H and O–H groups in total. The van der Waals surface area contributed by atoms with Crippen molar-refractivity contribution in [3.63, 3.8) is 0 Å². The van der Waals surface area contributed by atoms with E-state index in [1.807, 2.05) is 0 Å². The topological polar surface area (TPSA) is 24.5 Å². The third kappa shape index (κ3) is 3.54. The zero-order chi connectivity index (χ0) is 12.3. The van der Waals surface area contributed by atoms with Gasteiger partial charge in [-0.3, -0.25) is 4.90 Å². The minimum absolute atomic E-state index is 0.495. The number of ether oxygens (including phenoxy) is 1. The molecule has 0 amide bonds. The molecule has 0 aromatic carbocycles. The molecule has 1 aliphatic heterocycles. The lowest BCUT2D eigenvalue weighted by Crippen LogP contribution is -2.49. The second-order valence-electron chi connectivity index (χ2n) is 5.66. The van der Waals surface area contributed by atoms with Crippen LogP contribution in [0.25, 0.3) is 0 Å². The summed E-state index contributed by atoms with van der Waals surface area (Å²) >= 11 is 0. The summed E-state index contributed by atoms with van der Waals surface area (Å²) in [5.41, 5.74) is 1.30. The number of rotatable bonds is 5. The maximum absolute atomic E-state index is 5.82. The van der Waals surface area contributed by atoms with Crippen LogP contribution >= 0.6 is 0 Å². The molecular weight excluding hydrogens is 212 g/mol. The third-order valence-corrected chi connectivity index (χ3v) is 3.78. The van der Waals surface area contributed by atoms with Crippen molar-refractivity contribution in [3.05, 3.63) is 12.2 Å². The zero-order valence-electron chi connectivity index (χ0n) is 11.2. The molecule has 2 fully saturated rings. The van der Waals surface area contributed by atoms with Crippen molar-refractivity contribution in [1.29, 1.82) is 0 Å². The molecule has 2 atom stereocenters. The van der Waals surface area contributed by atoms with E-state index in [-0.39, 0.29) is 0 Å². The standard InChI is InChI=1S/C14H26N2O/c1-11(2)15-9-12(3)10-16-7-8-17-14-6-4-5-13(14)16/h11,13-15H,3-10H2,1-2H3. The lowest BCUT2D eigenvalue weighted by atomic mass is 10.1. The SMILES string of the molecule is C=C(CNC(C)C)CN1CCOC2CCCC21. The van der Waals surface area contributed by atoms with Gasteiger partial charge in [0.2, 0.25) is 0 Å². The molecule has 3 heteroatoms. The Kier molecular flexibility index (Phi) is 4.60. The van der Waals surface area contributed by atoms with Crippen molar-refractivity contribution >= 4 is 0 Å². The Morgan fingerprint density at radius 2 is 2.29 bits per heavy atom. The highest BCUT2D eigenvalue weighted by Gasteiger charge is 2.35. The quantitative estimate of drug-likeness (QED) is 0.739. The largest absolute Gasteiger partial charge is 0.375 e. The molecule has 0 radical (unpaired) electrons. The van der Waals surface area contributed by atoms with Crippen molar-refractivity contribution in [1.82, 2.24) is 10.2 Å². The first-order chi connectivity index (χ1) is 8.16. The molecule has 0 aromatic rings. The smallest absolute Gasteiger partial charge is 0.0731 e. The van der Waals surface area contributed by atoms with Crippen LogP contribution in [0.1, 0.15) is 33.1 Å². The molecule has 1 saturated heterocycles. The van der Waals surface area contributed by atoms with Crippen molar-refractivity contribution in [3.8, 4) is 0 Å². The van der Waals surface area contributed by atoms with Crippen LogP contribution in [-0.2, 0) is 4.74 Å². The fourth-order valence-electron chi connectivity index (χ4n) is 2.89. The highest BCUT2D eigenvalue weighted by molar-refractivity contribution is 5.03. The Labute approximate surface area is 105 Å². The fraction of sp³-hybridized carbons (Fsp3) is 0.857. The van der Waals surface area contributed by atoms with Gasteiger partial charge in [0.15, 0.2) is 0 Å². The van der Waals surface area contributed by atoms with Crippen molar-refractivity contribution in [2.45, 2.75) is 51.3 Å². The van der Waals surface area contributed by atoms with E-state index in [1.165, 1.54) is 24.8 Å². The van der Waals surface area contributed by atoms with E-state index in [4.69, 9.17) is 4.74 Å². The van der Waals surface area contributed by atoms with Crippen LogP contribution in [0, 0.1) is 0 Å². The van der Waals surface area contributed by atoms with E-state index in [9.17, 15) is 0 Å². The second-order valence-corrected chi connectivity index (χ2v) is 5.66. The van der Waals surface area contributed by atoms with Crippen molar-refractivity contribution in [2.24, 2.45) is 0 Å². The zero-order valence-corrected chi connectivity index (χ0v) is 11.2. The summed E-state index contributed by atoms with van der Waals surface area (Å²) in [4.78, 5) is 2.57. The molecule has 1 saturated carbocycles. The van der Waals surface area contributed by atoms with Gasteiger partial charge >= 0.3 is 0 Å². The monoisotopic (exact) mass is 238 g/mol. The van der Waals surface area contributed by atoms with E-state index in [1.54, 1.807) is 0 Å². The highest BCUT2D eigenvalue weighted by Crippen LogP contribution is 2.29. The lowest BCUT2D eigenvalue weighted by molar-refractivity contribution is -0.0521. The molecule has 2 unspecified atom stereocenters. The predicted octanol–water partition coefficient (Wildman–Crippen LogP) is 1.79. The molecule has 1 heterocycles. The fourth-order valence-corrected chi connectivity index (χ4v) is 2.89. The minimum atomic E-state index is 0.495. The minimum Gasteiger partial charge on any atom is -0.375 e. The van der Waals surface area contributed by atoms with E-state index >= 15 is 0 Å². The molecule has 1 aliphatic carbocycles. The third-order valence-electron chi connectivity index (χ3n) is 3.78. The van der Waals surface area contributed by atoms with E-state index in [0.29, 0.717) is 18.2 Å². The second kappa shape index (κ2) is 5.98. The van der Waals surface area contributed by atoms with E-state index < -0.39 is 0 Å². The van der Waals surface area contributed by atoms with Crippen LogP contribution < -0.4 is 5.32 Å². The molecule has 3 nitrogen and oxygen atoms in total. The normalized spacial score (nSPS) is 29.6. The highest BCUT2D eigenvalue weighted by atomic mass is 16.5. The molecule has 2 rings (SSSR count). The summed E-state index contributed by atoms with van der Waals surface area (Å²) in [5, 5.41) is 3.44. The predicted molar refractivity (Wildman–Crippen MR) is 71.2 cm³/mol. The van der Waals surface area contributed by atoms with Crippen molar-refractivity contribution < 1.29 is 4.74 Å². The summed E-state index contributed by atoms with van der Waals surface area (Å²) in [6.07, 6.45) is 4.37. The number of nitrogens with zero attached hydrogens (tertiary/aromatic N) is 1. The first-order valence-electron chi connectivity index (χ1n) is 6.92. The Morgan fingerprint density at radius 1 is 1.47 bits per heavy atom. The van der Waals surface area contributed by atoms with Gasteiger partial charge in [-0.25, -0.2) is 0 Å². The van der Waals surface area contributed by atoms with Crippen LogP contribution in [-0.4, -0.2) is 49.3 Å². The number of hydrogen-bond acceptors (Lipinski definition) is 3. The Hall–Kier alpha value is -0.380. The Bertz CT molecular complexity index is 265. The van der Waals surface area contributed by atoms with Crippen LogP contribution in [0.5, 0.6) is 0 Å². The van der Waals surface area contributed by atoms with Gasteiger partial charge in [-0.05, 0) is 24.8 Å². The summed E-state index contributed by atoms with van der Waals surface area (Å²) in [7, 11) is 0. The van der Waals surface area contributed by atoms with Gasteiger partial charge in [0.25, 0.3) is 0 Å². The molecule has 0 aromatic heterocycles. The van der Waals surface area contributed by atoms with Gasteiger partial charge in [0.05, 0.1) is 12.7 Å². The van der Waals surface area contributed by atoms with Gasteiger partial charge in [0, 0.05) is 31.7 Å². The van der Waals surface area contributed by atoms with Gasteiger partial charge in [-0.2, -0.15) is 0 Å². The van der Waals surface area contributed by atoms with Crippen LogP contribution in [0.15, 0.2) is 12.2 Å². The summed E-state index contributed by atoms with van der Waals surface area (Å²) in [5.74, 6) is 0. The van der Waals surface area contributed by atoms with Crippen molar-refractivity contribution in [2.75, 3.05) is 26.2 Å². The first kappa shape index (κ1) is 13.1. The first-order valence-corrected chi connectivity index (χ1v) is 6.92. The lowest BCUT2D eigenvalue weighted by Gasteiger charge is -2.38. The summed E-state index contributed by atoms with van der Waals surface area (Å²) in [6, 6.07) is 1.19. The number of hydrogen-bond donors (Lipinski definition) is 1. The van der Waals surface area contributed by atoms with Crippen LogP contribution in [0.2, 0.25) is 0 Å². The van der Waals surface area contributed by atoms with Gasteiger partial charge in [-0.1, -0.05) is 20.4 Å². The summed E-state index contributed by atoms with van der Waals surface area (Å²) in [6.45, 7) is 12.5. The summed E-state index contributed by atoms with van der Waals surface area (Å²) < 4.78 is 5.82. The van der Waals surface area contributed by atoms with Gasteiger partial charge in [0.1, 0.15) is 0 Å². The maximum atomic E-state index is 5.82. The molecule has 17 heavy (non-hydrogen) atoms. The van der Waals surface area contributed by atoms with Crippen LogP contribution in [0.4, 0.5) is 0 Å². The van der Waals surface area contributed by atoms with Gasteiger partial charge < -0.3 is 10.1 Å².